The summed E-state index contributed by atoms with van der Waals surface area (Å²) in [5.41, 5.74) is 5.44. The zero-order chi connectivity index (χ0) is 18.6. The molecule has 0 N–H and O–H groups in total. The van der Waals surface area contributed by atoms with Crippen LogP contribution in [0.4, 0.5) is 0 Å². The van der Waals surface area contributed by atoms with Gasteiger partial charge in [0, 0.05) is 17.1 Å². The van der Waals surface area contributed by atoms with E-state index in [0.717, 1.165) is 22.5 Å². The minimum absolute atomic E-state index is 0.0702. The summed E-state index contributed by atoms with van der Waals surface area (Å²) in [5.74, 6) is 0.603. The van der Waals surface area contributed by atoms with Gasteiger partial charge in [-0.3, -0.25) is 0 Å². The minimum atomic E-state index is -0.310. The highest BCUT2D eigenvalue weighted by atomic mass is 16.5. The fraction of sp³-hybridized carbons (Fsp3) is 0.409. The van der Waals surface area contributed by atoms with E-state index in [0.29, 0.717) is 13.2 Å². The maximum absolute atomic E-state index is 11.6. The minimum Gasteiger partial charge on any atom is -0.492 e. The van der Waals surface area contributed by atoms with E-state index in [-0.39, 0.29) is 11.4 Å². The highest BCUT2D eigenvalue weighted by Gasteiger charge is 2.23. The summed E-state index contributed by atoms with van der Waals surface area (Å²) >= 11 is 0. The standard InChI is InChI=1S/C22H28O3/c1-7-24-21(23)10-15(2)8-9-18-13-22(5,6)14-25-20-12-17(4)16(3)11-19(18)20/h8-13H,7,14H2,1-6H3. The first-order valence-electron chi connectivity index (χ1n) is 8.72. The number of fused-ring (bicyclic) bond motifs is 1. The quantitative estimate of drug-likeness (QED) is 0.431. The maximum atomic E-state index is 11.6. The lowest BCUT2D eigenvalue weighted by Crippen LogP contribution is -2.17. The van der Waals surface area contributed by atoms with Gasteiger partial charge in [-0.25, -0.2) is 4.79 Å². The second kappa shape index (κ2) is 7.73. The number of carbonyl (C=O) groups excluding carboxylic acids is 1. The van der Waals surface area contributed by atoms with Crippen LogP contribution in [0.25, 0.3) is 5.57 Å². The van der Waals surface area contributed by atoms with Gasteiger partial charge in [0.1, 0.15) is 5.75 Å². The predicted molar refractivity (Wildman–Crippen MR) is 103 cm³/mol. The fourth-order valence-electron chi connectivity index (χ4n) is 2.72. The molecule has 0 saturated carbocycles. The second-order valence-corrected chi connectivity index (χ2v) is 7.28. The number of allylic oxidation sites excluding steroid dienone is 4. The molecule has 1 aliphatic heterocycles. The van der Waals surface area contributed by atoms with Gasteiger partial charge in [0.05, 0.1) is 13.2 Å². The first kappa shape index (κ1) is 19.0. The molecule has 2 rings (SSSR count). The van der Waals surface area contributed by atoms with Crippen molar-refractivity contribution in [2.75, 3.05) is 13.2 Å². The SMILES string of the molecule is CCOC(=O)C=C(C)C=CC1=CC(C)(C)COc2cc(C)c(C)cc21. The van der Waals surface area contributed by atoms with Crippen LogP contribution in [0, 0.1) is 19.3 Å². The number of hydrogen-bond donors (Lipinski definition) is 0. The van der Waals surface area contributed by atoms with Crippen molar-refractivity contribution in [2.24, 2.45) is 5.41 Å². The summed E-state index contributed by atoms with van der Waals surface area (Å²) in [6, 6.07) is 4.28. The lowest BCUT2D eigenvalue weighted by atomic mass is 9.89. The summed E-state index contributed by atoms with van der Waals surface area (Å²) in [7, 11) is 0. The molecule has 0 radical (unpaired) electrons. The van der Waals surface area contributed by atoms with Crippen molar-refractivity contribution in [3.63, 3.8) is 0 Å². The molecule has 0 atom stereocenters. The molecule has 0 aliphatic carbocycles. The second-order valence-electron chi connectivity index (χ2n) is 7.28. The number of carbonyl (C=O) groups is 1. The van der Waals surface area contributed by atoms with E-state index in [2.05, 4.69) is 52.0 Å². The van der Waals surface area contributed by atoms with Crippen LogP contribution in [-0.2, 0) is 9.53 Å². The summed E-state index contributed by atoms with van der Waals surface area (Å²) in [5, 5.41) is 0. The number of aryl methyl sites for hydroxylation is 2. The molecule has 0 bridgehead atoms. The van der Waals surface area contributed by atoms with Gasteiger partial charge < -0.3 is 9.47 Å². The van der Waals surface area contributed by atoms with E-state index in [9.17, 15) is 4.79 Å². The molecular formula is C22H28O3. The Morgan fingerprint density at radius 2 is 1.96 bits per heavy atom. The van der Waals surface area contributed by atoms with Gasteiger partial charge in [0.25, 0.3) is 0 Å². The zero-order valence-electron chi connectivity index (χ0n) is 16.1. The molecule has 1 aromatic rings. The molecule has 0 amide bonds. The third kappa shape index (κ3) is 5.09. The summed E-state index contributed by atoms with van der Waals surface area (Å²) in [6.07, 6.45) is 7.75. The largest absolute Gasteiger partial charge is 0.492 e. The normalized spacial score (nSPS) is 16.7. The summed E-state index contributed by atoms with van der Waals surface area (Å²) in [6.45, 7) is 13.2. The van der Waals surface area contributed by atoms with Gasteiger partial charge in [-0.15, -0.1) is 0 Å². The first-order chi connectivity index (χ1) is 11.7. The Labute approximate surface area is 151 Å². The predicted octanol–water partition coefficient (Wildman–Crippen LogP) is 5.17. The third-order valence-electron chi connectivity index (χ3n) is 4.21. The average Bonchev–Trinajstić information content (AvgIpc) is 2.63. The summed E-state index contributed by atoms with van der Waals surface area (Å²) in [4.78, 5) is 11.6. The Morgan fingerprint density at radius 3 is 2.64 bits per heavy atom. The molecule has 0 unspecified atom stereocenters. The number of esters is 1. The summed E-state index contributed by atoms with van der Waals surface area (Å²) < 4.78 is 11.0. The van der Waals surface area contributed by atoms with Gasteiger partial charge in [-0.1, -0.05) is 32.1 Å². The smallest absolute Gasteiger partial charge is 0.330 e. The van der Waals surface area contributed by atoms with E-state index < -0.39 is 0 Å². The molecule has 0 spiro atoms. The fourth-order valence-corrected chi connectivity index (χ4v) is 2.72. The lowest BCUT2D eigenvalue weighted by Gasteiger charge is -2.18. The van der Waals surface area contributed by atoms with Gasteiger partial charge in [-0.2, -0.15) is 0 Å². The van der Waals surface area contributed by atoms with E-state index in [1.165, 1.54) is 17.2 Å². The van der Waals surface area contributed by atoms with Crippen LogP contribution in [-0.4, -0.2) is 19.2 Å². The molecule has 0 aromatic heterocycles. The number of benzene rings is 1. The molecule has 3 nitrogen and oxygen atoms in total. The number of ether oxygens (including phenoxy) is 2. The Balaban J connectivity index is 2.40. The van der Waals surface area contributed by atoms with E-state index in [4.69, 9.17) is 9.47 Å². The maximum Gasteiger partial charge on any atom is 0.330 e. The van der Waals surface area contributed by atoms with Crippen LogP contribution in [0.5, 0.6) is 5.75 Å². The van der Waals surface area contributed by atoms with Crippen molar-refractivity contribution in [2.45, 2.75) is 41.5 Å². The van der Waals surface area contributed by atoms with Crippen LogP contribution in [0.1, 0.15) is 44.4 Å². The molecule has 134 valence electrons. The van der Waals surface area contributed by atoms with Gasteiger partial charge in [0.15, 0.2) is 0 Å². The van der Waals surface area contributed by atoms with Crippen LogP contribution in [0.15, 0.2) is 42.0 Å². The van der Waals surface area contributed by atoms with Crippen molar-refractivity contribution >= 4 is 11.5 Å². The number of hydrogen-bond acceptors (Lipinski definition) is 3. The van der Waals surface area contributed by atoms with E-state index in [1.54, 1.807) is 6.92 Å². The Hall–Kier alpha value is -2.29. The van der Waals surface area contributed by atoms with Crippen molar-refractivity contribution in [3.05, 3.63) is 58.7 Å². The van der Waals surface area contributed by atoms with Crippen molar-refractivity contribution in [3.8, 4) is 5.75 Å². The molecule has 3 heteroatoms. The Morgan fingerprint density at radius 1 is 1.28 bits per heavy atom. The average molecular weight is 340 g/mol. The van der Waals surface area contributed by atoms with Gasteiger partial charge >= 0.3 is 5.97 Å². The van der Waals surface area contributed by atoms with Crippen LogP contribution < -0.4 is 4.74 Å². The molecular weight excluding hydrogens is 312 g/mol. The van der Waals surface area contributed by atoms with E-state index >= 15 is 0 Å². The highest BCUT2D eigenvalue weighted by molar-refractivity contribution is 5.84. The molecule has 0 saturated heterocycles. The van der Waals surface area contributed by atoms with Gasteiger partial charge in [-0.05, 0) is 62.1 Å². The molecule has 1 aliphatic rings. The lowest BCUT2D eigenvalue weighted by molar-refractivity contribution is -0.137. The van der Waals surface area contributed by atoms with Crippen LogP contribution >= 0.6 is 0 Å². The number of rotatable bonds is 4. The zero-order valence-corrected chi connectivity index (χ0v) is 16.1. The van der Waals surface area contributed by atoms with Crippen LogP contribution in [0.3, 0.4) is 0 Å². The van der Waals surface area contributed by atoms with Crippen molar-refractivity contribution in [1.82, 2.24) is 0 Å². The molecule has 25 heavy (non-hydrogen) atoms. The first-order valence-corrected chi connectivity index (χ1v) is 8.72. The van der Waals surface area contributed by atoms with E-state index in [1.807, 2.05) is 13.0 Å². The Kier molecular flexibility index (Phi) is 5.89. The topological polar surface area (TPSA) is 35.5 Å². The molecule has 1 aromatic carbocycles. The highest BCUT2D eigenvalue weighted by Crippen LogP contribution is 2.37. The monoisotopic (exact) mass is 340 g/mol. The molecule has 0 fully saturated rings. The van der Waals surface area contributed by atoms with Crippen molar-refractivity contribution < 1.29 is 14.3 Å². The third-order valence-corrected chi connectivity index (χ3v) is 4.21. The van der Waals surface area contributed by atoms with Crippen LogP contribution in [0.2, 0.25) is 0 Å². The Bertz CT molecular complexity index is 749. The molecule has 1 heterocycles. The van der Waals surface area contributed by atoms with Crippen molar-refractivity contribution in [1.29, 1.82) is 0 Å². The van der Waals surface area contributed by atoms with Gasteiger partial charge in [0.2, 0.25) is 0 Å².